The van der Waals surface area contributed by atoms with Crippen molar-refractivity contribution in [3.8, 4) is 0 Å². The van der Waals surface area contributed by atoms with Crippen LogP contribution in [0, 0.1) is 19.8 Å². The SMILES string of the molecule is Cc1ccc(C(C2CC(N)C2)N(C)C)c(C)c1. The summed E-state index contributed by atoms with van der Waals surface area (Å²) in [4.78, 5) is 2.34. The first kappa shape index (κ1) is 12.6. The van der Waals surface area contributed by atoms with Gasteiger partial charge < -0.3 is 10.6 Å². The summed E-state index contributed by atoms with van der Waals surface area (Å²) >= 11 is 0. The molecule has 2 N–H and O–H groups in total. The number of hydrogen-bond donors (Lipinski definition) is 1. The van der Waals surface area contributed by atoms with Crippen molar-refractivity contribution in [3.63, 3.8) is 0 Å². The van der Waals surface area contributed by atoms with Crippen LogP contribution in [0.25, 0.3) is 0 Å². The van der Waals surface area contributed by atoms with Crippen LogP contribution < -0.4 is 5.73 Å². The molecular weight excluding hydrogens is 208 g/mol. The minimum absolute atomic E-state index is 0.424. The van der Waals surface area contributed by atoms with Gasteiger partial charge in [0, 0.05) is 12.1 Å². The van der Waals surface area contributed by atoms with Crippen LogP contribution in [0.1, 0.15) is 35.6 Å². The molecule has 0 amide bonds. The summed E-state index contributed by atoms with van der Waals surface area (Å²) in [5.41, 5.74) is 10.1. The van der Waals surface area contributed by atoms with Crippen molar-refractivity contribution >= 4 is 0 Å². The van der Waals surface area contributed by atoms with Gasteiger partial charge in [-0.15, -0.1) is 0 Å². The molecule has 0 aliphatic heterocycles. The number of hydrogen-bond acceptors (Lipinski definition) is 2. The van der Waals surface area contributed by atoms with Gasteiger partial charge in [-0.25, -0.2) is 0 Å². The van der Waals surface area contributed by atoms with Crippen LogP contribution >= 0.6 is 0 Å². The summed E-state index contributed by atoms with van der Waals surface area (Å²) in [5.74, 6) is 0.724. The highest BCUT2D eigenvalue weighted by Crippen LogP contribution is 2.40. The van der Waals surface area contributed by atoms with E-state index in [1.165, 1.54) is 16.7 Å². The van der Waals surface area contributed by atoms with Crippen LogP contribution in [0.3, 0.4) is 0 Å². The normalized spacial score (nSPS) is 25.8. The molecule has 1 unspecified atom stereocenters. The lowest BCUT2D eigenvalue weighted by atomic mass is 9.73. The Morgan fingerprint density at radius 2 is 1.88 bits per heavy atom. The zero-order chi connectivity index (χ0) is 12.6. The largest absolute Gasteiger partial charge is 0.328 e. The van der Waals surface area contributed by atoms with Gasteiger partial charge in [0.25, 0.3) is 0 Å². The van der Waals surface area contributed by atoms with E-state index >= 15 is 0 Å². The van der Waals surface area contributed by atoms with Crippen LogP contribution in [-0.2, 0) is 0 Å². The molecule has 1 saturated carbocycles. The highest BCUT2D eigenvalue weighted by Gasteiger charge is 2.35. The molecule has 1 aliphatic carbocycles. The Bertz CT molecular complexity index is 392. The van der Waals surface area contributed by atoms with E-state index in [1.54, 1.807) is 0 Å². The van der Waals surface area contributed by atoms with Gasteiger partial charge in [0.2, 0.25) is 0 Å². The highest BCUT2D eigenvalue weighted by atomic mass is 15.1. The van der Waals surface area contributed by atoms with Crippen molar-refractivity contribution in [2.45, 2.75) is 38.8 Å². The topological polar surface area (TPSA) is 29.3 Å². The predicted molar refractivity (Wildman–Crippen MR) is 73.0 cm³/mol. The number of aryl methyl sites for hydroxylation is 2. The predicted octanol–water partition coefficient (Wildman–Crippen LogP) is 2.64. The Morgan fingerprint density at radius 3 is 2.35 bits per heavy atom. The molecule has 0 saturated heterocycles. The molecule has 0 aromatic heterocycles. The second-order valence-corrected chi connectivity index (χ2v) is 5.76. The zero-order valence-corrected chi connectivity index (χ0v) is 11.4. The average molecular weight is 232 g/mol. The van der Waals surface area contributed by atoms with E-state index in [2.05, 4.69) is 51.0 Å². The molecule has 1 atom stereocenters. The van der Waals surface area contributed by atoms with Crippen molar-refractivity contribution in [1.29, 1.82) is 0 Å². The molecule has 0 heterocycles. The second kappa shape index (κ2) is 4.79. The van der Waals surface area contributed by atoms with Crippen molar-refractivity contribution in [1.82, 2.24) is 4.90 Å². The van der Waals surface area contributed by atoms with Crippen LogP contribution in [0.4, 0.5) is 0 Å². The Kier molecular flexibility index (Phi) is 3.55. The van der Waals surface area contributed by atoms with Gasteiger partial charge >= 0.3 is 0 Å². The van der Waals surface area contributed by atoms with Gasteiger partial charge in [0.05, 0.1) is 0 Å². The van der Waals surface area contributed by atoms with Crippen molar-refractivity contribution < 1.29 is 0 Å². The summed E-state index contributed by atoms with van der Waals surface area (Å²) in [6.07, 6.45) is 2.33. The Labute approximate surface area is 105 Å². The fourth-order valence-electron chi connectivity index (χ4n) is 3.08. The van der Waals surface area contributed by atoms with Crippen LogP contribution in [0.5, 0.6) is 0 Å². The molecule has 2 nitrogen and oxygen atoms in total. The Balaban J connectivity index is 2.26. The van der Waals surface area contributed by atoms with Crippen LogP contribution in [0.15, 0.2) is 18.2 Å². The van der Waals surface area contributed by atoms with Crippen molar-refractivity contribution in [3.05, 3.63) is 34.9 Å². The van der Waals surface area contributed by atoms with Gasteiger partial charge in [0.15, 0.2) is 0 Å². The molecule has 17 heavy (non-hydrogen) atoms. The first-order valence-corrected chi connectivity index (χ1v) is 6.48. The molecule has 0 spiro atoms. The fourth-order valence-corrected chi connectivity index (χ4v) is 3.08. The molecule has 94 valence electrons. The molecule has 2 heteroatoms. The number of benzene rings is 1. The molecule has 0 bridgehead atoms. The van der Waals surface area contributed by atoms with Crippen LogP contribution in [-0.4, -0.2) is 25.0 Å². The maximum Gasteiger partial charge on any atom is 0.0373 e. The van der Waals surface area contributed by atoms with E-state index < -0.39 is 0 Å². The van der Waals surface area contributed by atoms with Gasteiger partial charge in [-0.3, -0.25) is 0 Å². The zero-order valence-electron chi connectivity index (χ0n) is 11.4. The molecule has 1 aromatic carbocycles. The van der Waals surface area contributed by atoms with E-state index in [0.717, 1.165) is 18.8 Å². The number of nitrogens with zero attached hydrogens (tertiary/aromatic N) is 1. The van der Waals surface area contributed by atoms with Gasteiger partial charge in [0.1, 0.15) is 0 Å². The number of rotatable bonds is 3. The second-order valence-electron chi connectivity index (χ2n) is 5.76. The Morgan fingerprint density at radius 1 is 1.24 bits per heavy atom. The quantitative estimate of drug-likeness (QED) is 0.868. The smallest absolute Gasteiger partial charge is 0.0373 e. The summed E-state index contributed by atoms with van der Waals surface area (Å²) in [6.45, 7) is 4.37. The lowest BCUT2D eigenvalue weighted by Gasteiger charge is -2.42. The third-order valence-corrected chi connectivity index (χ3v) is 3.96. The van der Waals surface area contributed by atoms with Crippen molar-refractivity contribution in [2.24, 2.45) is 11.7 Å². The first-order valence-electron chi connectivity index (χ1n) is 6.48. The monoisotopic (exact) mass is 232 g/mol. The Hall–Kier alpha value is -0.860. The van der Waals surface area contributed by atoms with E-state index in [-0.39, 0.29) is 0 Å². The summed E-state index contributed by atoms with van der Waals surface area (Å²) in [6, 6.07) is 7.74. The standard InChI is InChI=1S/C15H24N2/c1-10-5-6-14(11(2)7-10)15(17(3)4)12-8-13(16)9-12/h5-7,12-13,15H,8-9,16H2,1-4H3. The molecule has 2 rings (SSSR count). The molecule has 0 radical (unpaired) electrons. The average Bonchev–Trinajstić information content (AvgIpc) is 2.18. The maximum absolute atomic E-state index is 5.93. The summed E-state index contributed by atoms with van der Waals surface area (Å²) < 4.78 is 0. The minimum Gasteiger partial charge on any atom is -0.328 e. The molecule has 1 aliphatic rings. The van der Waals surface area contributed by atoms with Gasteiger partial charge in [-0.05, 0) is 57.8 Å². The molecular formula is C15H24N2. The minimum atomic E-state index is 0.424. The van der Waals surface area contributed by atoms with Crippen LogP contribution in [0.2, 0.25) is 0 Å². The van der Waals surface area contributed by atoms with E-state index in [0.29, 0.717) is 12.1 Å². The molecule has 1 fully saturated rings. The lowest BCUT2D eigenvalue weighted by molar-refractivity contribution is 0.123. The molecule has 1 aromatic rings. The highest BCUT2D eigenvalue weighted by molar-refractivity contribution is 5.33. The van der Waals surface area contributed by atoms with Gasteiger partial charge in [-0.1, -0.05) is 23.8 Å². The fraction of sp³-hybridized carbons (Fsp3) is 0.600. The van der Waals surface area contributed by atoms with E-state index in [1.807, 2.05) is 0 Å². The van der Waals surface area contributed by atoms with E-state index in [9.17, 15) is 0 Å². The maximum atomic E-state index is 5.93. The third kappa shape index (κ3) is 2.53. The first-order chi connectivity index (χ1) is 7.99. The van der Waals surface area contributed by atoms with E-state index in [4.69, 9.17) is 5.73 Å². The lowest BCUT2D eigenvalue weighted by Crippen LogP contribution is -2.43. The third-order valence-electron chi connectivity index (χ3n) is 3.96. The van der Waals surface area contributed by atoms with Gasteiger partial charge in [-0.2, -0.15) is 0 Å². The summed E-state index contributed by atoms with van der Waals surface area (Å²) in [5, 5.41) is 0. The summed E-state index contributed by atoms with van der Waals surface area (Å²) in [7, 11) is 4.35. The number of nitrogens with two attached hydrogens (primary N) is 1. The van der Waals surface area contributed by atoms with Crippen molar-refractivity contribution in [2.75, 3.05) is 14.1 Å².